The first kappa shape index (κ1) is 18.2. The fraction of sp³-hybridized carbons (Fsp3) is 0.467. The van der Waals surface area contributed by atoms with Crippen LogP contribution in [0.4, 0.5) is 0 Å². The first-order valence-electron chi connectivity index (χ1n) is 7.40. The zero-order valence-corrected chi connectivity index (χ0v) is 16.9. The number of carbonyl (C=O) groups excluding carboxylic acids is 1. The van der Waals surface area contributed by atoms with Crippen LogP contribution in [0.15, 0.2) is 4.99 Å². The van der Waals surface area contributed by atoms with E-state index in [4.69, 9.17) is 51.1 Å². The van der Waals surface area contributed by atoms with Crippen LogP contribution in [-0.4, -0.2) is 45.1 Å². The summed E-state index contributed by atoms with van der Waals surface area (Å²) >= 11 is 26.4. The van der Waals surface area contributed by atoms with E-state index in [1.807, 2.05) is 6.92 Å². The maximum Gasteiger partial charge on any atom is 0.258 e. The van der Waals surface area contributed by atoms with Gasteiger partial charge in [0.25, 0.3) is 5.91 Å². The van der Waals surface area contributed by atoms with Crippen molar-refractivity contribution in [2.24, 2.45) is 4.99 Å². The van der Waals surface area contributed by atoms with E-state index < -0.39 is 22.6 Å². The number of halogens is 4. The van der Waals surface area contributed by atoms with Gasteiger partial charge in [0.05, 0.1) is 37.3 Å². The highest BCUT2D eigenvalue weighted by atomic mass is 35.5. The minimum absolute atomic E-state index is 0.00366. The van der Waals surface area contributed by atoms with Crippen LogP contribution >= 0.6 is 58.2 Å². The monoisotopic (exact) mass is 440 g/mol. The number of rotatable bonds is 0. The van der Waals surface area contributed by atoms with E-state index in [1.54, 1.807) is 6.92 Å². The van der Waals surface area contributed by atoms with Gasteiger partial charge in [-0.1, -0.05) is 58.2 Å². The van der Waals surface area contributed by atoms with E-state index in [-0.39, 0.29) is 44.4 Å². The van der Waals surface area contributed by atoms with Crippen molar-refractivity contribution >= 4 is 69.1 Å². The molecule has 3 heterocycles. The first-order chi connectivity index (χ1) is 11.6. The van der Waals surface area contributed by atoms with E-state index in [0.29, 0.717) is 0 Å². The average Bonchev–Trinajstić information content (AvgIpc) is 2.94. The number of amides is 1. The van der Waals surface area contributed by atoms with Crippen LogP contribution in [0, 0.1) is 0 Å². The summed E-state index contributed by atoms with van der Waals surface area (Å²) in [5.74, 6) is -0.474. The van der Waals surface area contributed by atoms with E-state index in [1.165, 1.54) is 16.7 Å². The third kappa shape index (κ3) is 2.07. The Morgan fingerprint density at radius 1 is 1.24 bits per heavy atom. The van der Waals surface area contributed by atoms with Crippen molar-refractivity contribution in [3.8, 4) is 0 Å². The molecule has 1 fully saturated rings. The summed E-state index contributed by atoms with van der Waals surface area (Å²) in [6.07, 6.45) is 0. The molecule has 1 aromatic carbocycles. The Bertz CT molecular complexity index is 864. The van der Waals surface area contributed by atoms with Crippen molar-refractivity contribution in [3.05, 3.63) is 31.2 Å². The molecule has 3 atom stereocenters. The number of nitrogens with zero attached hydrogens (tertiary/aromatic N) is 2. The molecule has 0 radical (unpaired) electrons. The Kier molecular flexibility index (Phi) is 4.10. The van der Waals surface area contributed by atoms with E-state index in [2.05, 4.69) is 4.99 Å². The van der Waals surface area contributed by atoms with Crippen molar-refractivity contribution in [2.45, 2.75) is 30.5 Å². The molecule has 4 rings (SSSR count). The molecule has 3 aliphatic heterocycles. The molecule has 1 N–H and O–H groups in total. The average molecular weight is 442 g/mol. The molecule has 1 aromatic rings. The lowest BCUT2D eigenvalue weighted by Gasteiger charge is -2.43. The zero-order valence-electron chi connectivity index (χ0n) is 13.1. The number of hydrogen-bond acceptors (Lipinski definition) is 5. The predicted molar refractivity (Wildman–Crippen MR) is 100 cm³/mol. The van der Waals surface area contributed by atoms with Crippen LogP contribution in [0.1, 0.15) is 29.8 Å². The van der Waals surface area contributed by atoms with Crippen LogP contribution in [-0.2, 0) is 10.5 Å². The lowest BCUT2D eigenvalue weighted by molar-refractivity contribution is -0.133. The number of hydrogen-bond donors (Lipinski definition) is 1. The molecule has 1 saturated heterocycles. The summed E-state index contributed by atoms with van der Waals surface area (Å²) < 4.78 is 5.85. The van der Waals surface area contributed by atoms with Gasteiger partial charge in [-0.15, -0.1) is 0 Å². The summed E-state index contributed by atoms with van der Waals surface area (Å²) in [5, 5.41) is 12.5. The molecule has 0 unspecified atom stereocenters. The van der Waals surface area contributed by atoms with Crippen molar-refractivity contribution in [3.63, 3.8) is 0 Å². The van der Waals surface area contributed by atoms with Gasteiger partial charge in [0.2, 0.25) is 0 Å². The lowest BCUT2D eigenvalue weighted by Crippen LogP contribution is -2.60. The minimum atomic E-state index is -1.85. The quantitative estimate of drug-likeness (QED) is 0.484. The molecule has 3 aliphatic rings. The molecule has 0 saturated carbocycles. The number of benzene rings is 1. The van der Waals surface area contributed by atoms with Crippen molar-refractivity contribution in [1.82, 2.24) is 4.90 Å². The van der Waals surface area contributed by atoms with Gasteiger partial charge in [0.1, 0.15) is 11.0 Å². The van der Waals surface area contributed by atoms with Gasteiger partial charge >= 0.3 is 0 Å². The SMILES string of the molecule is CC1=N[C@@]2(C)[C@H](OCCN3C(=O)c4c(Cl)c(Cl)c(Cl)c(Cl)c4[C@]32O)S1. The Hall–Kier alpha value is -0.210. The minimum Gasteiger partial charge on any atom is -0.365 e. The van der Waals surface area contributed by atoms with E-state index >= 15 is 0 Å². The molecule has 0 aliphatic carbocycles. The summed E-state index contributed by atoms with van der Waals surface area (Å²) in [6, 6.07) is 0. The number of fused-ring (bicyclic) bond motifs is 5. The van der Waals surface area contributed by atoms with Crippen LogP contribution in [0.3, 0.4) is 0 Å². The smallest absolute Gasteiger partial charge is 0.258 e. The number of carbonyl (C=O) groups is 1. The lowest BCUT2D eigenvalue weighted by atomic mass is 9.83. The Morgan fingerprint density at radius 3 is 2.56 bits per heavy atom. The van der Waals surface area contributed by atoms with Crippen molar-refractivity contribution in [1.29, 1.82) is 0 Å². The van der Waals surface area contributed by atoms with Crippen molar-refractivity contribution in [2.75, 3.05) is 13.2 Å². The molecule has 25 heavy (non-hydrogen) atoms. The number of thioether (sulfide) groups is 1. The fourth-order valence-corrected chi connectivity index (χ4v) is 5.96. The second-order valence-corrected chi connectivity index (χ2v) is 9.00. The van der Waals surface area contributed by atoms with Crippen LogP contribution < -0.4 is 0 Å². The summed E-state index contributed by atoms with van der Waals surface area (Å²) in [4.78, 5) is 19.0. The third-order valence-electron chi connectivity index (χ3n) is 4.88. The highest BCUT2D eigenvalue weighted by molar-refractivity contribution is 8.14. The molecule has 10 heteroatoms. The summed E-state index contributed by atoms with van der Waals surface area (Å²) in [5.41, 5.74) is -3.31. The molecule has 0 bridgehead atoms. The molecule has 0 spiro atoms. The third-order valence-corrected chi connectivity index (χ3v) is 7.93. The van der Waals surface area contributed by atoms with Crippen molar-refractivity contribution < 1.29 is 14.6 Å². The maximum atomic E-state index is 13.0. The maximum absolute atomic E-state index is 13.0. The molecular formula is C15H12Cl4N2O3S. The van der Waals surface area contributed by atoms with Gasteiger partial charge in [-0.3, -0.25) is 9.79 Å². The highest BCUT2D eigenvalue weighted by Gasteiger charge is 2.67. The Labute approximate surface area is 168 Å². The van der Waals surface area contributed by atoms with Gasteiger partial charge in [0, 0.05) is 12.1 Å². The van der Waals surface area contributed by atoms with Gasteiger partial charge in [-0.2, -0.15) is 0 Å². The Balaban J connectivity index is 2.10. The molecule has 0 aromatic heterocycles. The van der Waals surface area contributed by atoms with Gasteiger partial charge in [-0.25, -0.2) is 0 Å². The van der Waals surface area contributed by atoms with Gasteiger partial charge < -0.3 is 14.7 Å². The molecular weight excluding hydrogens is 430 g/mol. The number of aliphatic hydroxyl groups is 1. The highest BCUT2D eigenvalue weighted by Crippen LogP contribution is 2.58. The van der Waals surface area contributed by atoms with E-state index in [9.17, 15) is 9.90 Å². The predicted octanol–water partition coefficient (Wildman–Crippen LogP) is 4.18. The zero-order chi connectivity index (χ0) is 18.3. The second kappa shape index (κ2) is 5.64. The van der Waals surface area contributed by atoms with E-state index in [0.717, 1.165) is 5.04 Å². The van der Waals surface area contributed by atoms with Crippen LogP contribution in [0.2, 0.25) is 20.1 Å². The second-order valence-electron chi connectivity index (χ2n) is 6.23. The van der Waals surface area contributed by atoms with Gasteiger partial charge in [-0.05, 0) is 13.8 Å². The topological polar surface area (TPSA) is 62.1 Å². The molecule has 134 valence electrons. The van der Waals surface area contributed by atoms with Crippen LogP contribution in [0.5, 0.6) is 0 Å². The number of ether oxygens (including phenoxy) is 1. The number of aliphatic imine (C=N–C) groups is 1. The van der Waals surface area contributed by atoms with Crippen LogP contribution in [0.25, 0.3) is 0 Å². The van der Waals surface area contributed by atoms with Gasteiger partial charge in [0.15, 0.2) is 5.72 Å². The standard InChI is InChI=1S/C15H12Cl4N2O3S/c1-5-20-14(2)13(25-5)24-4-3-21-12(22)6-7(15(14,21)23)9(17)11(19)10(18)8(6)16/h13,23H,3-4H2,1-2H3/t13-,14+,15-/m1/s1. The molecule has 1 amide bonds. The first-order valence-corrected chi connectivity index (χ1v) is 9.79. The normalized spacial score (nSPS) is 33.7. The largest absolute Gasteiger partial charge is 0.365 e. The molecule has 5 nitrogen and oxygen atoms in total. The fourth-order valence-electron chi connectivity index (χ4n) is 3.73. The summed E-state index contributed by atoms with van der Waals surface area (Å²) in [7, 11) is 0. The summed E-state index contributed by atoms with van der Waals surface area (Å²) in [6.45, 7) is 3.96. The Morgan fingerprint density at radius 2 is 1.88 bits per heavy atom.